The lowest BCUT2D eigenvalue weighted by atomic mass is 10.3. The summed E-state index contributed by atoms with van der Waals surface area (Å²) >= 11 is 5.75. The molecule has 118 valence electrons. The molecule has 7 nitrogen and oxygen atoms in total. The summed E-state index contributed by atoms with van der Waals surface area (Å²) in [5, 5.41) is 8.14. The summed E-state index contributed by atoms with van der Waals surface area (Å²) in [4.78, 5) is 11.6. The second kappa shape index (κ2) is 6.97. The van der Waals surface area contributed by atoms with Crippen molar-refractivity contribution < 1.29 is 23.1 Å². The van der Waals surface area contributed by atoms with Crippen molar-refractivity contribution in [2.24, 2.45) is 0 Å². The maximum Gasteiger partial charge on any atom is 0.344 e. The molecule has 0 aliphatic rings. The third-order valence-electron chi connectivity index (χ3n) is 2.73. The highest BCUT2D eigenvalue weighted by Gasteiger charge is 2.13. The van der Waals surface area contributed by atoms with Crippen LogP contribution < -0.4 is 4.74 Å². The summed E-state index contributed by atoms with van der Waals surface area (Å²) in [6, 6.07) is 10.0. The van der Waals surface area contributed by atoms with Crippen LogP contribution in [-0.2, 0) is 16.1 Å². The van der Waals surface area contributed by atoms with Gasteiger partial charge in [0, 0.05) is 5.02 Å². The van der Waals surface area contributed by atoms with Crippen LogP contribution in [0, 0.1) is 0 Å². The number of benzene rings is 1. The molecule has 3 rings (SSSR count). The second-order valence-electron chi connectivity index (χ2n) is 4.38. The van der Waals surface area contributed by atoms with Crippen molar-refractivity contribution in [3.05, 3.63) is 53.6 Å². The number of esters is 1. The van der Waals surface area contributed by atoms with Gasteiger partial charge in [0.1, 0.15) is 5.75 Å². The van der Waals surface area contributed by atoms with Gasteiger partial charge in [-0.1, -0.05) is 11.6 Å². The molecule has 0 atom stereocenters. The first-order valence-corrected chi connectivity index (χ1v) is 6.99. The lowest BCUT2D eigenvalue weighted by Crippen LogP contribution is -2.14. The van der Waals surface area contributed by atoms with Crippen molar-refractivity contribution in [1.82, 2.24) is 10.2 Å². The van der Waals surface area contributed by atoms with E-state index in [2.05, 4.69) is 10.2 Å². The first-order chi connectivity index (χ1) is 11.2. The van der Waals surface area contributed by atoms with Gasteiger partial charge in [0.15, 0.2) is 19.0 Å². The minimum absolute atomic E-state index is 0.142. The number of carbonyl (C=O) groups excluding carboxylic acids is 1. The van der Waals surface area contributed by atoms with Crippen molar-refractivity contribution in [2.75, 3.05) is 6.61 Å². The van der Waals surface area contributed by atoms with E-state index >= 15 is 0 Å². The first kappa shape index (κ1) is 15.1. The lowest BCUT2D eigenvalue weighted by molar-refractivity contribution is -0.148. The summed E-state index contributed by atoms with van der Waals surface area (Å²) in [5.74, 6) is 0.790. The maximum atomic E-state index is 11.6. The van der Waals surface area contributed by atoms with Gasteiger partial charge in [-0.3, -0.25) is 0 Å². The van der Waals surface area contributed by atoms with Gasteiger partial charge in [-0.2, -0.15) is 0 Å². The lowest BCUT2D eigenvalue weighted by Gasteiger charge is -2.05. The number of rotatable bonds is 6. The topological polar surface area (TPSA) is 87.6 Å². The number of halogens is 1. The van der Waals surface area contributed by atoms with E-state index in [0.717, 1.165) is 0 Å². The zero-order chi connectivity index (χ0) is 16.1. The van der Waals surface area contributed by atoms with E-state index in [9.17, 15) is 4.79 Å². The number of furan rings is 1. The van der Waals surface area contributed by atoms with E-state index in [1.54, 1.807) is 36.4 Å². The van der Waals surface area contributed by atoms with Crippen LogP contribution in [0.1, 0.15) is 5.89 Å². The fourth-order valence-electron chi connectivity index (χ4n) is 1.67. The molecule has 0 radical (unpaired) electrons. The summed E-state index contributed by atoms with van der Waals surface area (Å²) in [6.45, 7) is -0.378. The average Bonchev–Trinajstić information content (AvgIpc) is 3.23. The van der Waals surface area contributed by atoms with Crippen LogP contribution in [0.4, 0.5) is 0 Å². The van der Waals surface area contributed by atoms with Crippen LogP contribution in [0.25, 0.3) is 11.7 Å². The Bertz CT molecular complexity index is 768. The standard InChI is InChI=1S/C15H11ClN2O5/c16-10-3-5-11(6-4-10)21-9-14(19)22-8-13-17-18-15(23-13)12-2-1-7-20-12/h1-7H,8-9H2. The highest BCUT2D eigenvalue weighted by Crippen LogP contribution is 2.18. The molecule has 0 aliphatic carbocycles. The molecule has 2 aromatic heterocycles. The van der Waals surface area contributed by atoms with Gasteiger partial charge in [-0.25, -0.2) is 4.79 Å². The molecule has 0 N–H and O–H groups in total. The smallest absolute Gasteiger partial charge is 0.344 e. The SMILES string of the molecule is O=C(COc1ccc(Cl)cc1)OCc1nnc(-c2ccco2)o1. The number of ether oxygens (including phenoxy) is 2. The molecule has 8 heteroatoms. The summed E-state index contributed by atoms with van der Waals surface area (Å²) in [7, 11) is 0. The van der Waals surface area contributed by atoms with Gasteiger partial charge < -0.3 is 18.3 Å². The normalized spacial score (nSPS) is 10.5. The number of hydrogen-bond donors (Lipinski definition) is 0. The molecule has 0 spiro atoms. The Hall–Kier alpha value is -2.80. The van der Waals surface area contributed by atoms with Gasteiger partial charge in [-0.05, 0) is 36.4 Å². The summed E-state index contributed by atoms with van der Waals surface area (Å²) < 4.78 is 20.7. The number of aromatic nitrogens is 2. The Labute approximate surface area is 135 Å². The minimum atomic E-state index is -0.558. The van der Waals surface area contributed by atoms with Gasteiger partial charge in [0.25, 0.3) is 11.8 Å². The molecule has 0 aliphatic heterocycles. The molecule has 0 saturated carbocycles. The van der Waals surface area contributed by atoms with E-state index in [1.807, 2.05) is 0 Å². The predicted molar refractivity (Wildman–Crippen MR) is 78.7 cm³/mol. The van der Waals surface area contributed by atoms with Crippen LogP contribution in [0.15, 0.2) is 51.5 Å². The van der Waals surface area contributed by atoms with E-state index < -0.39 is 5.97 Å². The molecular weight excluding hydrogens is 324 g/mol. The molecule has 0 fully saturated rings. The zero-order valence-electron chi connectivity index (χ0n) is 11.8. The van der Waals surface area contributed by atoms with Crippen LogP contribution in [0.3, 0.4) is 0 Å². The minimum Gasteiger partial charge on any atom is -0.482 e. The van der Waals surface area contributed by atoms with Crippen molar-refractivity contribution in [1.29, 1.82) is 0 Å². The van der Waals surface area contributed by atoms with E-state index in [0.29, 0.717) is 16.5 Å². The number of carbonyl (C=O) groups is 1. The largest absolute Gasteiger partial charge is 0.482 e. The number of nitrogens with zero attached hydrogens (tertiary/aromatic N) is 2. The molecule has 3 aromatic rings. The third kappa shape index (κ3) is 4.10. The van der Waals surface area contributed by atoms with Crippen molar-refractivity contribution in [2.45, 2.75) is 6.61 Å². The highest BCUT2D eigenvalue weighted by atomic mass is 35.5. The van der Waals surface area contributed by atoms with E-state index in [1.165, 1.54) is 6.26 Å². The highest BCUT2D eigenvalue weighted by molar-refractivity contribution is 6.30. The Morgan fingerprint density at radius 2 is 2.00 bits per heavy atom. The van der Waals surface area contributed by atoms with Gasteiger partial charge in [-0.15, -0.1) is 10.2 Å². The number of hydrogen-bond acceptors (Lipinski definition) is 7. The Morgan fingerprint density at radius 3 is 2.74 bits per heavy atom. The molecule has 0 bridgehead atoms. The van der Waals surface area contributed by atoms with Gasteiger partial charge in [0.2, 0.25) is 0 Å². The summed E-state index contributed by atoms with van der Waals surface area (Å²) in [6.07, 6.45) is 1.49. The monoisotopic (exact) mass is 334 g/mol. The van der Waals surface area contributed by atoms with Crippen LogP contribution in [0.5, 0.6) is 5.75 Å². The van der Waals surface area contributed by atoms with E-state index in [4.69, 9.17) is 29.9 Å². The molecule has 0 saturated heterocycles. The second-order valence-corrected chi connectivity index (χ2v) is 4.82. The van der Waals surface area contributed by atoms with Crippen LogP contribution in [-0.4, -0.2) is 22.8 Å². The fraction of sp³-hybridized carbons (Fsp3) is 0.133. The molecule has 2 heterocycles. The fourth-order valence-corrected chi connectivity index (χ4v) is 1.79. The van der Waals surface area contributed by atoms with Crippen molar-refractivity contribution >= 4 is 17.6 Å². The molecule has 23 heavy (non-hydrogen) atoms. The van der Waals surface area contributed by atoms with Gasteiger partial charge >= 0.3 is 5.97 Å². The van der Waals surface area contributed by atoms with Crippen LogP contribution in [0.2, 0.25) is 5.02 Å². The molecule has 0 amide bonds. The maximum absolute atomic E-state index is 11.6. The molecular formula is C15H11ClN2O5. The first-order valence-electron chi connectivity index (χ1n) is 6.61. The Kier molecular flexibility index (Phi) is 4.58. The Balaban J connectivity index is 1.46. The Morgan fingerprint density at radius 1 is 1.17 bits per heavy atom. The van der Waals surface area contributed by atoms with Crippen molar-refractivity contribution in [3.8, 4) is 17.4 Å². The third-order valence-corrected chi connectivity index (χ3v) is 2.98. The van der Waals surface area contributed by atoms with Crippen molar-refractivity contribution in [3.63, 3.8) is 0 Å². The predicted octanol–water partition coefficient (Wildman–Crippen LogP) is 3.11. The molecule has 1 aromatic carbocycles. The average molecular weight is 335 g/mol. The zero-order valence-corrected chi connectivity index (χ0v) is 12.5. The van der Waals surface area contributed by atoms with E-state index in [-0.39, 0.29) is 25.0 Å². The van der Waals surface area contributed by atoms with Crippen LogP contribution >= 0.6 is 11.6 Å². The quantitative estimate of drug-likeness (QED) is 0.640. The summed E-state index contributed by atoms with van der Waals surface area (Å²) in [5.41, 5.74) is 0. The molecule has 0 unspecified atom stereocenters. The van der Waals surface area contributed by atoms with Gasteiger partial charge in [0.05, 0.1) is 6.26 Å².